The molecule has 0 spiro atoms. The Labute approximate surface area is 83.5 Å². The Hall–Kier alpha value is -1.28. The first kappa shape index (κ1) is 10.8. The van der Waals surface area contributed by atoms with E-state index in [1.807, 2.05) is 0 Å². The van der Waals surface area contributed by atoms with Crippen molar-refractivity contribution in [3.8, 4) is 6.07 Å². The van der Waals surface area contributed by atoms with Crippen LogP contribution in [0, 0.1) is 11.3 Å². The highest BCUT2D eigenvalue weighted by atomic mass is 16.4. The third-order valence-electron chi connectivity index (χ3n) is 2.41. The summed E-state index contributed by atoms with van der Waals surface area (Å²) in [4.78, 5) is 14.2. The van der Waals surface area contributed by atoms with E-state index >= 15 is 0 Å². The molecule has 0 atom stereocenters. The summed E-state index contributed by atoms with van der Waals surface area (Å²) < 4.78 is 0. The van der Waals surface area contributed by atoms with Gasteiger partial charge in [-0.05, 0) is 13.0 Å². The van der Waals surface area contributed by atoms with Crippen LogP contribution in [0.1, 0.15) is 12.8 Å². The molecule has 0 aliphatic carbocycles. The van der Waals surface area contributed by atoms with Crippen LogP contribution in [0.3, 0.4) is 0 Å². The summed E-state index contributed by atoms with van der Waals surface area (Å²) in [5.41, 5.74) is 0. The van der Waals surface area contributed by atoms with Gasteiger partial charge >= 0.3 is 6.09 Å². The molecule has 1 N–H and O–H groups in total. The van der Waals surface area contributed by atoms with Crippen LogP contribution in [-0.4, -0.2) is 53.7 Å². The summed E-state index contributed by atoms with van der Waals surface area (Å²) in [6, 6.07) is 2.10. The fraction of sp³-hybridized carbons (Fsp3) is 0.778. The van der Waals surface area contributed by atoms with Crippen LogP contribution >= 0.6 is 0 Å². The average molecular weight is 197 g/mol. The van der Waals surface area contributed by atoms with E-state index < -0.39 is 6.09 Å². The van der Waals surface area contributed by atoms with Crippen LogP contribution in [0.5, 0.6) is 0 Å². The van der Waals surface area contributed by atoms with E-state index in [1.165, 1.54) is 4.90 Å². The van der Waals surface area contributed by atoms with Gasteiger partial charge in [0.25, 0.3) is 0 Å². The number of unbranched alkanes of at least 4 members (excludes halogenated alkanes) is 1. The molecule has 1 rings (SSSR count). The molecule has 78 valence electrons. The van der Waals surface area contributed by atoms with Gasteiger partial charge in [0, 0.05) is 32.6 Å². The third-order valence-corrected chi connectivity index (χ3v) is 2.41. The fourth-order valence-electron chi connectivity index (χ4n) is 1.54. The molecular formula is C9H15N3O2. The second-order valence-corrected chi connectivity index (χ2v) is 3.37. The zero-order valence-electron chi connectivity index (χ0n) is 8.15. The molecule has 1 aliphatic rings. The van der Waals surface area contributed by atoms with E-state index in [4.69, 9.17) is 10.4 Å². The first-order valence-corrected chi connectivity index (χ1v) is 4.81. The summed E-state index contributed by atoms with van der Waals surface area (Å²) in [5.74, 6) is 0. The Kier molecular flexibility index (Phi) is 4.20. The molecule has 0 unspecified atom stereocenters. The number of carbonyl (C=O) groups is 1. The molecule has 1 amide bonds. The molecule has 0 aromatic heterocycles. The topological polar surface area (TPSA) is 67.6 Å². The molecular weight excluding hydrogens is 182 g/mol. The van der Waals surface area contributed by atoms with Crippen molar-refractivity contribution in [1.82, 2.24) is 9.80 Å². The molecule has 1 aliphatic heterocycles. The van der Waals surface area contributed by atoms with Gasteiger partial charge in [0.15, 0.2) is 0 Å². The van der Waals surface area contributed by atoms with E-state index in [1.54, 1.807) is 0 Å². The van der Waals surface area contributed by atoms with Crippen LogP contribution in [-0.2, 0) is 0 Å². The molecule has 0 bridgehead atoms. The lowest BCUT2D eigenvalue weighted by molar-refractivity contribution is 0.105. The fourth-order valence-corrected chi connectivity index (χ4v) is 1.54. The van der Waals surface area contributed by atoms with Gasteiger partial charge in [0.2, 0.25) is 0 Å². The number of hydrogen-bond acceptors (Lipinski definition) is 3. The highest BCUT2D eigenvalue weighted by Crippen LogP contribution is 2.03. The van der Waals surface area contributed by atoms with Crippen molar-refractivity contribution in [2.24, 2.45) is 0 Å². The second kappa shape index (κ2) is 5.45. The molecule has 0 aromatic rings. The maximum Gasteiger partial charge on any atom is 0.407 e. The van der Waals surface area contributed by atoms with Gasteiger partial charge in [-0.2, -0.15) is 5.26 Å². The van der Waals surface area contributed by atoms with Crippen molar-refractivity contribution in [2.45, 2.75) is 12.8 Å². The van der Waals surface area contributed by atoms with Crippen LogP contribution in [0.25, 0.3) is 0 Å². The average Bonchev–Trinajstić information content (AvgIpc) is 2.19. The van der Waals surface area contributed by atoms with Crippen molar-refractivity contribution in [3.63, 3.8) is 0 Å². The number of rotatable bonds is 3. The summed E-state index contributed by atoms with van der Waals surface area (Å²) in [7, 11) is 0. The lowest BCUT2D eigenvalue weighted by atomic mass is 10.2. The van der Waals surface area contributed by atoms with Crippen molar-refractivity contribution in [3.05, 3.63) is 0 Å². The predicted octanol–water partition coefficient (Wildman–Crippen LogP) is 0.586. The monoisotopic (exact) mass is 197 g/mol. The summed E-state index contributed by atoms with van der Waals surface area (Å²) >= 11 is 0. The highest BCUT2D eigenvalue weighted by Gasteiger charge is 2.19. The minimum absolute atomic E-state index is 0.582. The first-order valence-electron chi connectivity index (χ1n) is 4.81. The van der Waals surface area contributed by atoms with Crippen LogP contribution in [0.15, 0.2) is 0 Å². The van der Waals surface area contributed by atoms with Gasteiger partial charge in [0.05, 0.1) is 6.07 Å². The Bertz CT molecular complexity index is 229. The number of nitriles is 1. The number of hydrogen-bond donors (Lipinski definition) is 1. The van der Waals surface area contributed by atoms with Crippen molar-refractivity contribution in [2.75, 3.05) is 32.7 Å². The maximum atomic E-state index is 10.6. The van der Waals surface area contributed by atoms with Gasteiger partial charge in [-0.15, -0.1) is 0 Å². The van der Waals surface area contributed by atoms with E-state index in [0.717, 1.165) is 26.1 Å². The second-order valence-electron chi connectivity index (χ2n) is 3.37. The minimum atomic E-state index is -0.832. The lowest BCUT2D eigenvalue weighted by Gasteiger charge is -2.32. The Balaban J connectivity index is 2.16. The number of amides is 1. The molecule has 0 radical (unpaired) electrons. The number of piperazine rings is 1. The van der Waals surface area contributed by atoms with Crippen LogP contribution < -0.4 is 0 Å². The predicted molar refractivity (Wildman–Crippen MR) is 50.9 cm³/mol. The highest BCUT2D eigenvalue weighted by molar-refractivity contribution is 5.65. The standard InChI is InChI=1S/C9H15N3O2/c10-3-1-2-4-11-5-7-12(8-6-11)9(13)14/h1-2,4-8H2,(H,13,14). The van der Waals surface area contributed by atoms with E-state index in [2.05, 4.69) is 11.0 Å². The van der Waals surface area contributed by atoms with Gasteiger partial charge in [-0.25, -0.2) is 4.79 Å². The molecule has 5 heteroatoms. The van der Waals surface area contributed by atoms with Crippen molar-refractivity contribution in [1.29, 1.82) is 5.26 Å². The van der Waals surface area contributed by atoms with E-state index in [9.17, 15) is 4.79 Å². The quantitative estimate of drug-likeness (QED) is 0.672. The number of carboxylic acid groups (broad SMARTS) is 1. The number of nitrogens with zero attached hydrogens (tertiary/aromatic N) is 3. The third kappa shape index (κ3) is 3.23. The maximum absolute atomic E-state index is 10.6. The lowest BCUT2D eigenvalue weighted by Crippen LogP contribution is -2.48. The van der Waals surface area contributed by atoms with Crippen molar-refractivity contribution < 1.29 is 9.90 Å². The van der Waals surface area contributed by atoms with Gasteiger partial charge in [-0.3, -0.25) is 4.90 Å². The zero-order valence-corrected chi connectivity index (χ0v) is 8.15. The largest absolute Gasteiger partial charge is 0.465 e. The zero-order chi connectivity index (χ0) is 10.4. The normalized spacial score (nSPS) is 17.8. The molecule has 0 saturated carbocycles. The Morgan fingerprint density at radius 2 is 2.00 bits per heavy atom. The van der Waals surface area contributed by atoms with E-state index in [-0.39, 0.29) is 0 Å². The molecule has 5 nitrogen and oxygen atoms in total. The van der Waals surface area contributed by atoms with Gasteiger partial charge < -0.3 is 10.0 Å². The first-order chi connectivity index (χ1) is 6.74. The smallest absolute Gasteiger partial charge is 0.407 e. The van der Waals surface area contributed by atoms with Gasteiger partial charge in [0.1, 0.15) is 0 Å². The molecule has 1 fully saturated rings. The Morgan fingerprint density at radius 3 is 2.50 bits per heavy atom. The van der Waals surface area contributed by atoms with Crippen LogP contribution in [0.4, 0.5) is 4.79 Å². The van der Waals surface area contributed by atoms with Crippen LogP contribution in [0.2, 0.25) is 0 Å². The van der Waals surface area contributed by atoms with Crippen molar-refractivity contribution >= 4 is 6.09 Å². The summed E-state index contributed by atoms with van der Waals surface area (Å²) in [6.07, 6.45) is 0.629. The summed E-state index contributed by atoms with van der Waals surface area (Å²) in [6.45, 7) is 3.65. The summed E-state index contributed by atoms with van der Waals surface area (Å²) in [5, 5.41) is 17.1. The van der Waals surface area contributed by atoms with E-state index in [0.29, 0.717) is 19.5 Å². The molecule has 0 aromatic carbocycles. The molecule has 14 heavy (non-hydrogen) atoms. The Morgan fingerprint density at radius 1 is 1.36 bits per heavy atom. The molecule has 1 saturated heterocycles. The van der Waals surface area contributed by atoms with Gasteiger partial charge in [-0.1, -0.05) is 0 Å². The SMILES string of the molecule is N#CCCCN1CCN(C(=O)O)CC1. The minimum Gasteiger partial charge on any atom is -0.465 e. The molecule has 1 heterocycles.